The van der Waals surface area contributed by atoms with Crippen LogP contribution in [0.5, 0.6) is 0 Å². The van der Waals surface area contributed by atoms with Gasteiger partial charge >= 0.3 is 0 Å². The van der Waals surface area contributed by atoms with Crippen LogP contribution in [0.2, 0.25) is 0 Å². The largest absolute Gasteiger partial charge is 0.312 e. The van der Waals surface area contributed by atoms with Crippen LogP contribution in [-0.2, 0) is 0 Å². The normalized spacial score (nSPS) is 12.9. The quantitative estimate of drug-likeness (QED) is 0.521. The smallest absolute Gasteiger partial charge is 0.0608 e. The third-order valence-electron chi connectivity index (χ3n) is 1.15. The van der Waals surface area contributed by atoms with E-state index in [1.165, 1.54) is 12.6 Å². The minimum Gasteiger partial charge on any atom is -0.312 e. The van der Waals surface area contributed by atoms with Crippen molar-refractivity contribution in [2.75, 3.05) is 20.3 Å². The standard InChI is InChI=1S/C7H17NSi/c1-4-5-6-9-7-8(2)3/h5-6H,4,7,9H2,1-3H3. The minimum absolute atomic E-state index is 0.0982. The molecule has 0 amide bonds. The molecule has 0 aliphatic rings. The summed E-state index contributed by atoms with van der Waals surface area (Å²) in [6.45, 7) is 2.18. The van der Waals surface area contributed by atoms with E-state index in [1.54, 1.807) is 0 Å². The second-order valence-corrected chi connectivity index (χ2v) is 3.97. The lowest BCUT2D eigenvalue weighted by Gasteiger charge is -2.04. The zero-order valence-corrected chi connectivity index (χ0v) is 8.14. The summed E-state index contributed by atoms with van der Waals surface area (Å²) in [5.41, 5.74) is 2.38. The SMILES string of the molecule is CCC=C[SiH2]CN(C)C. The van der Waals surface area contributed by atoms with E-state index in [0.29, 0.717) is 0 Å². The van der Waals surface area contributed by atoms with Crippen molar-refractivity contribution >= 4 is 9.52 Å². The van der Waals surface area contributed by atoms with Crippen molar-refractivity contribution < 1.29 is 0 Å². The maximum absolute atomic E-state index is 2.38. The Labute approximate surface area is 60.6 Å². The highest BCUT2D eigenvalue weighted by Crippen LogP contribution is 1.78. The highest BCUT2D eigenvalue weighted by Gasteiger charge is 1.84. The molecule has 9 heavy (non-hydrogen) atoms. The van der Waals surface area contributed by atoms with Gasteiger partial charge in [0.25, 0.3) is 0 Å². The molecule has 54 valence electrons. The third-order valence-corrected chi connectivity index (χ3v) is 2.96. The molecule has 0 aromatic heterocycles. The lowest BCUT2D eigenvalue weighted by atomic mass is 10.5. The molecule has 0 radical (unpaired) electrons. The molecule has 0 atom stereocenters. The van der Waals surface area contributed by atoms with Gasteiger partial charge in [0.05, 0.1) is 9.52 Å². The molecule has 0 N–H and O–H groups in total. The van der Waals surface area contributed by atoms with Gasteiger partial charge in [-0.1, -0.05) is 13.0 Å². The molecule has 0 fully saturated rings. The Morgan fingerprint density at radius 1 is 1.44 bits per heavy atom. The van der Waals surface area contributed by atoms with Gasteiger partial charge in [-0.3, -0.25) is 0 Å². The van der Waals surface area contributed by atoms with Gasteiger partial charge in [-0.05, 0) is 26.7 Å². The van der Waals surface area contributed by atoms with Crippen molar-refractivity contribution in [2.24, 2.45) is 0 Å². The lowest BCUT2D eigenvalue weighted by molar-refractivity contribution is 0.478. The molecule has 1 nitrogen and oxygen atoms in total. The van der Waals surface area contributed by atoms with E-state index >= 15 is 0 Å². The van der Waals surface area contributed by atoms with Crippen LogP contribution in [0.4, 0.5) is 0 Å². The van der Waals surface area contributed by atoms with Gasteiger partial charge in [0.15, 0.2) is 0 Å². The lowest BCUT2D eigenvalue weighted by Crippen LogP contribution is -2.17. The van der Waals surface area contributed by atoms with E-state index in [-0.39, 0.29) is 9.52 Å². The van der Waals surface area contributed by atoms with Crippen molar-refractivity contribution in [3.8, 4) is 0 Å². The fraction of sp³-hybridized carbons (Fsp3) is 0.714. The van der Waals surface area contributed by atoms with Crippen molar-refractivity contribution in [1.29, 1.82) is 0 Å². The van der Waals surface area contributed by atoms with Crippen molar-refractivity contribution in [1.82, 2.24) is 4.90 Å². The van der Waals surface area contributed by atoms with Crippen molar-refractivity contribution in [2.45, 2.75) is 13.3 Å². The molecule has 0 spiro atoms. The van der Waals surface area contributed by atoms with Crippen LogP contribution < -0.4 is 0 Å². The van der Waals surface area contributed by atoms with Gasteiger partial charge in [0, 0.05) is 0 Å². The Morgan fingerprint density at radius 3 is 2.56 bits per heavy atom. The molecule has 0 saturated carbocycles. The predicted molar refractivity (Wildman–Crippen MR) is 46.5 cm³/mol. The minimum atomic E-state index is 0.0982. The molecule has 0 aliphatic carbocycles. The fourth-order valence-electron chi connectivity index (χ4n) is 0.617. The molecule has 0 aromatic carbocycles. The molecule has 0 unspecified atom stereocenters. The summed E-state index contributed by atoms with van der Waals surface area (Å²) >= 11 is 0. The Bertz CT molecular complexity index is 79.0. The Hall–Kier alpha value is -0.0831. The summed E-state index contributed by atoms with van der Waals surface area (Å²) in [6.07, 6.45) is 4.77. The zero-order valence-electron chi connectivity index (χ0n) is 6.72. The van der Waals surface area contributed by atoms with E-state index in [2.05, 4.69) is 37.7 Å². The Balaban J connectivity index is 2.99. The number of rotatable bonds is 4. The molecule has 0 heterocycles. The van der Waals surface area contributed by atoms with Gasteiger partial charge in [0.2, 0.25) is 0 Å². The first-order valence-electron chi connectivity index (χ1n) is 3.57. The van der Waals surface area contributed by atoms with Crippen molar-refractivity contribution in [3.63, 3.8) is 0 Å². The van der Waals surface area contributed by atoms with Crippen LogP contribution in [0.1, 0.15) is 13.3 Å². The van der Waals surface area contributed by atoms with Crippen LogP contribution in [0.3, 0.4) is 0 Å². The van der Waals surface area contributed by atoms with Gasteiger partial charge in [-0.25, -0.2) is 0 Å². The summed E-state index contributed by atoms with van der Waals surface area (Å²) in [5, 5.41) is 0. The molecular weight excluding hydrogens is 126 g/mol. The first-order chi connectivity index (χ1) is 4.27. The second-order valence-electron chi connectivity index (χ2n) is 2.47. The predicted octanol–water partition coefficient (Wildman–Crippen LogP) is 0.598. The van der Waals surface area contributed by atoms with E-state index in [0.717, 1.165) is 0 Å². The summed E-state index contributed by atoms with van der Waals surface area (Å²) in [5.74, 6) is 0. The molecule has 0 bridgehead atoms. The maximum Gasteiger partial charge on any atom is 0.0608 e. The van der Waals surface area contributed by atoms with E-state index in [1.807, 2.05) is 0 Å². The topological polar surface area (TPSA) is 3.24 Å². The van der Waals surface area contributed by atoms with Crippen LogP contribution >= 0.6 is 0 Å². The van der Waals surface area contributed by atoms with Gasteiger partial charge in [-0.2, -0.15) is 0 Å². The van der Waals surface area contributed by atoms with Crippen LogP contribution in [0.15, 0.2) is 11.8 Å². The Kier molecular flexibility index (Phi) is 5.99. The Morgan fingerprint density at radius 2 is 2.11 bits per heavy atom. The molecule has 0 saturated heterocycles. The van der Waals surface area contributed by atoms with Crippen LogP contribution in [0.25, 0.3) is 0 Å². The summed E-state index contributed by atoms with van der Waals surface area (Å²) < 4.78 is 0. The monoisotopic (exact) mass is 143 g/mol. The van der Waals surface area contributed by atoms with Crippen LogP contribution in [-0.4, -0.2) is 34.7 Å². The van der Waals surface area contributed by atoms with Crippen molar-refractivity contribution in [3.05, 3.63) is 11.8 Å². The molecular formula is C7H17NSi. The highest BCUT2D eigenvalue weighted by atomic mass is 28.2. The first-order valence-corrected chi connectivity index (χ1v) is 5.38. The maximum atomic E-state index is 2.38. The van der Waals surface area contributed by atoms with E-state index < -0.39 is 0 Å². The number of nitrogens with zero attached hydrogens (tertiary/aromatic N) is 1. The van der Waals surface area contributed by atoms with Gasteiger partial charge < -0.3 is 4.90 Å². The fourth-order valence-corrected chi connectivity index (χ4v) is 1.85. The average Bonchev–Trinajstić information content (AvgIpc) is 1.80. The molecule has 0 aliphatic heterocycles. The molecule has 0 aromatic rings. The average molecular weight is 143 g/mol. The number of hydrogen-bond donors (Lipinski definition) is 0. The molecule has 2 heteroatoms. The first kappa shape index (κ1) is 8.92. The van der Waals surface area contributed by atoms with Crippen LogP contribution in [0, 0.1) is 0 Å². The number of hydrogen-bond acceptors (Lipinski definition) is 1. The zero-order chi connectivity index (χ0) is 7.11. The third kappa shape index (κ3) is 7.92. The van der Waals surface area contributed by atoms with Gasteiger partial charge in [-0.15, -0.1) is 5.70 Å². The highest BCUT2D eigenvalue weighted by molar-refractivity contribution is 6.42. The summed E-state index contributed by atoms with van der Waals surface area (Å²) in [6, 6.07) is 0. The number of allylic oxidation sites excluding steroid dienone is 1. The second kappa shape index (κ2) is 6.04. The van der Waals surface area contributed by atoms with E-state index in [4.69, 9.17) is 0 Å². The summed E-state index contributed by atoms with van der Waals surface area (Å²) in [7, 11) is 4.36. The van der Waals surface area contributed by atoms with E-state index in [9.17, 15) is 0 Å². The molecule has 0 rings (SSSR count). The van der Waals surface area contributed by atoms with Gasteiger partial charge in [0.1, 0.15) is 0 Å². The summed E-state index contributed by atoms with van der Waals surface area (Å²) in [4.78, 5) is 2.26.